The molecule has 0 aliphatic rings. The van der Waals surface area contributed by atoms with Crippen molar-refractivity contribution in [2.45, 2.75) is 0 Å². The van der Waals surface area contributed by atoms with Crippen LogP contribution in [-0.4, -0.2) is 58.2 Å². The van der Waals surface area contributed by atoms with Crippen LogP contribution in [0.3, 0.4) is 0 Å². The standard InChI is InChI=1S/CH6OSi.3CH4O/c2-1-3;3*1-2/h2H,1H2,3H3;3*2H,1H3. The van der Waals surface area contributed by atoms with E-state index in [-0.39, 0.29) is 0 Å². The largest absolute Gasteiger partial charge is 0.401 e. The molecule has 4 nitrogen and oxygen atoms in total. The molecule has 0 atom stereocenters. The third-order valence-corrected chi connectivity index (χ3v) is 0. The van der Waals surface area contributed by atoms with Gasteiger partial charge >= 0.3 is 0 Å². The van der Waals surface area contributed by atoms with Gasteiger partial charge in [-0.25, -0.2) is 0 Å². The van der Waals surface area contributed by atoms with Crippen molar-refractivity contribution >= 4 is 10.2 Å². The van der Waals surface area contributed by atoms with Crippen molar-refractivity contribution in [1.82, 2.24) is 0 Å². The molecule has 9 heavy (non-hydrogen) atoms. The average molecular weight is 158 g/mol. The summed E-state index contributed by atoms with van der Waals surface area (Å²) < 4.78 is 0. The third-order valence-electron chi connectivity index (χ3n) is 0. The van der Waals surface area contributed by atoms with Crippen molar-refractivity contribution in [3.05, 3.63) is 0 Å². The van der Waals surface area contributed by atoms with E-state index < -0.39 is 0 Å². The maximum Gasteiger partial charge on any atom is 0.0349 e. The molecule has 0 saturated heterocycles. The van der Waals surface area contributed by atoms with Crippen molar-refractivity contribution < 1.29 is 20.4 Å². The molecular weight excluding hydrogens is 140 g/mol. The van der Waals surface area contributed by atoms with Crippen LogP contribution in [0.5, 0.6) is 0 Å². The zero-order valence-corrected chi connectivity index (χ0v) is 8.50. The minimum Gasteiger partial charge on any atom is -0.401 e. The van der Waals surface area contributed by atoms with E-state index in [0.717, 1.165) is 31.6 Å². The van der Waals surface area contributed by atoms with Gasteiger partial charge in [0.25, 0.3) is 0 Å². The van der Waals surface area contributed by atoms with Crippen LogP contribution in [0, 0.1) is 0 Å². The van der Waals surface area contributed by atoms with Crippen LogP contribution in [0.15, 0.2) is 0 Å². The Morgan fingerprint density at radius 2 is 0.889 bits per heavy atom. The van der Waals surface area contributed by atoms with Crippen molar-refractivity contribution in [2.75, 3.05) is 27.6 Å². The van der Waals surface area contributed by atoms with Crippen LogP contribution in [0.2, 0.25) is 0 Å². The van der Waals surface area contributed by atoms with E-state index in [1.807, 2.05) is 0 Å². The highest BCUT2D eigenvalue weighted by Gasteiger charge is 1.35. The number of aliphatic hydroxyl groups is 4. The molecule has 0 heterocycles. The van der Waals surface area contributed by atoms with Gasteiger partial charge in [0, 0.05) is 37.8 Å². The molecule has 4 N–H and O–H groups in total. The third kappa shape index (κ3) is 91300. The highest BCUT2D eigenvalue weighted by atomic mass is 28.1. The molecule has 0 aliphatic carbocycles. The molecule has 0 spiro atoms. The zero-order valence-electron chi connectivity index (χ0n) is 6.50. The molecular formula is C4H18O4Si. The van der Waals surface area contributed by atoms with Crippen LogP contribution in [0.1, 0.15) is 0 Å². The van der Waals surface area contributed by atoms with Gasteiger partial charge in [0.05, 0.1) is 0 Å². The smallest absolute Gasteiger partial charge is 0.0349 e. The molecule has 0 aliphatic heterocycles. The van der Waals surface area contributed by atoms with E-state index in [9.17, 15) is 0 Å². The van der Waals surface area contributed by atoms with Crippen molar-refractivity contribution in [3.8, 4) is 0 Å². The number of hydrogen-bond donors (Lipinski definition) is 4. The lowest BCUT2D eigenvalue weighted by atomic mass is 11.7. The van der Waals surface area contributed by atoms with Gasteiger partial charge in [-0.2, -0.15) is 0 Å². The van der Waals surface area contributed by atoms with Gasteiger partial charge in [0.2, 0.25) is 0 Å². The second-order valence-corrected chi connectivity index (χ2v) is 0.949. The quantitative estimate of drug-likeness (QED) is 0.286. The summed E-state index contributed by atoms with van der Waals surface area (Å²) in [5, 5.41) is 28.6. The fourth-order valence-corrected chi connectivity index (χ4v) is 0. The van der Waals surface area contributed by atoms with E-state index in [2.05, 4.69) is 0 Å². The van der Waals surface area contributed by atoms with Gasteiger partial charge < -0.3 is 20.4 Å². The summed E-state index contributed by atoms with van der Waals surface area (Å²) in [6, 6.07) is 0. The van der Waals surface area contributed by atoms with Crippen LogP contribution in [0.4, 0.5) is 0 Å². The minimum atomic E-state index is 0.389. The Morgan fingerprint density at radius 1 is 0.889 bits per heavy atom. The molecule has 0 amide bonds. The first-order chi connectivity index (χ1) is 4.41. The van der Waals surface area contributed by atoms with E-state index in [0.29, 0.717) is 6.23 Å². The van der Waals surface area contributed by atoms with Crippen molar-refractivity contribution in [3.63, 3.8) is 0 Å². The summed E-state index contributed by atoms with van der Waals surface area (Å²) in [5.41, 5.74) is 0. The first kappa shape index (κ1) is 23.0. The molecule has 0 bridgehead atoms. The Kier molecular flexibility index (Phi) is 918. The summed E-state index contributed by atoms with van der Waals surface area (Å²) in [6.45, 7) is 0. The second-order valence-electron chi connectivity index (χ2n) is 0.316. The van der Waals surface area contributed by atoms with Crippen LogP contribution >= 0.6 is 0 Å². The normalized spacial score (nSPS) is 4.33. The second kappa shape index (κ2) is 359. The Balaban J connectivity index is -0.0000000190. The van der Waals surface area contributed by atoms with Gasteiger partial charge in [0.1, 0.15) is 0 Å². The van der Waals surface area contributed by atoms with Gasteiger partial charge in [-0.05, 0) is 0 Å². The SMILES string of the molecule is CO.CO.CO.OC[SiH3]. The molecule has 0 aromatic carbocycles. The van der Waals surface area contributed by atoms with E-state index in [1.165, 1.54) is 0 Å². The predicted octanol–water partition coefficient (Wildman–Crippen LogP) is -2.87. The first-order valence-corrected chi connectivity index (χ1v) is 3.78. The zero-order chi connectivity index (χ0) is 8.71. The Bertz CT molecular complexity index is 12.5. The lowest BCUT2D eigenvalue weighted by Crippen LogP contribution is -1.69. The lowest BCUT2D eigenvalue weighted by Gasteiger charge is -1.52. The summed E-state index contributed by atoms with van der Waals surface area (Å²) in [6.07, 6.45) is 0.389. The Hall–Kier alpha value is 0.0569. The van der Waals surface area contributed by atoms with Gasteiger partial charge in [0.15, 0.2) is 0 Å². The van der Waals surface area contributed by atoms with Crippen molar-refractivity contribution in [1.29, 1.82) is 0 Å². The Labute approximate surface area is 59.2 Å². The fourth-order valence-electron chi connectivity index (χ4n) is 0. The van der Waals surface area contributed by atoms with E-state index >= 15 is 0 Å². The highest BCUT2D eigenvalue weighted by molar-refractivity contribution is 6.07. The molecule has 0 unspecified atom stereocenters. The Morgan fingerprint density at radius 3 is 0.889 bits per heavy atom. The molecule has 0 aromatic rings. The summed E-state index contributed by atoms with van der Waals surface area (Å²) in [5.74, 6) is 0. The fraction of sp³-hybridized carbons (Fsp3) is 1.00. The average Bonchev–Trinajstić information content (AvgIpc) is 2.01. The van der Waals surface area contributed by atoms with Gasteiger partial charge in [-0.3, -0.25) is 0 Å². The maximum atomic E-state index is 7.63. The van der Waals surface area contributed by atoms with Crippen molar-refractivity contribution in [2.24, 2.45) is 0 Å². The molecule has 62 valence electrons. The summed E-state index contributed by atoms with van der Waals surface area (Å²) in [4.78, 5) is 0. The molecule has 5 heteroatoms. The summed E-state index contributed by atoms with van der Waals surface area (Å²) in [7, 11) is 3.92. The topological polar surface area (TPSA) is 80.9 Å². The van der Waals surface area contributed by atoms with Gasteiger partial charge in [-0.1, -0.05) is 0 Å². The molecule has 0 radical (unpaired) electrons. The molecule has 0 fully saturated rings. The summed E-state index contributed by atoms with van der Waals surface area (Å²) >= 11 is 0. The van der Waals surface area contributed by atoms with E-state index in [1.54, 1.807) is 0 Å². The number of rotatable bonds is 0. The van der Waals surface area contributed by atoms with Crippen LogP contribution < -0.4 is 0 Å². The molecule has 0 rings (SSSR count). The van der Waals surface area contributed by atoms with Crippen LogP contribution in [-0.2, 0) is 0 Å². The number of aliphatic hydroxyl groups excluding tert-OH is 4. The molecule has 0 aromatic heterocycles. The van der Waals surface area contributed by atoms with E-state index in [4.69, 9.17) is 20.4 Å². The van der Waals surface area contributed by atoms with Crippen LogP contribution in [0.25, 0.3) is 0 Å². The monoisotopic (exact) mass is 158 g/mol. The predicted molar refractivity (Wildman–Crippen MR) is 41.5 cm³/mol. The van der Waals surface area contributed by atoms with Gasteiger partial charge in [-0.15, -0.1) is 0 Å². The first-order valence-electron chi connectivity index (χ1n) is 2.36. The highest BCUT2D eigenvalue weighted by Crippen LogP contribution is 1.15. The number of hydrogen-bond acceptors (Lipinski definition) is 4. The molecule has 0 saturated carbocycles. The lowest BCUT2D eigenvalue weighted by molar-refractivity contribution is 0.369. The minimum absolute atomic E-state index is 0.389. The maximum absolute atomic E-state index is 7.63.